The summed E-state index contributed by atoms with van der Waals surface area (Å²) in [6.07, 6.45) is 4.09. The van der Waals surface area contributed by atoms with Crippen LogP contribution in [0.2, 0.25) is 0 Å². The molecule has 0 radical (unpaired) electrons. The molecule has 0 saturated heterocycles. The van der Waals surface area contributed by atoms with Gasteiger partial charge in [-0.1, -0.05) is 30.3 Å². The fraction of sp³-hybridized carbons (Fsp3) is 0.545. The lowest BCUT2D eigenvalue weighted by Gasteiger charge is -2.22. The molecule has 146 valence electrons. The van der Waals surface area contributed by atoms with E-state index in [1.165, 1.54) is 18.4 Å². The maximum atomic E-state index is 12.6. The number of nitrogens with one attached hydrogen (secondary N) is 1. The van der Waals surface area contributed by atoms with Crippen LogP contribution in [0.3, 0.4) is 0 Å². The first-order chi connectivity index (χ1) is 12.9. The molecule has 0 unspecified atom stereocenters. The van der Waals surface area contributed by atoms with Gasteiger partial charge < -0.3 is 10.1 Å². The molecular weight excluding hydrogens is 338 g/mol. The third kappa shape index (κ3) is 5.67. The van der Waals surface area contributed by atoms with Crippen molar-refractivity contribution in [3.8, 4) is 0 Å². The largest absolute Gasteiger partial charge is 0.381 e. The number of amides is 1. The molecule has 3 rings (SSSR count). The number of carbonyl (C=O) groups excluding carboxylic acids is 1. The molecule has 27 heavy (non-hydrogen) atoms. The van der Waals surface area contributed by atoms with Gasteiger partial charge in [0.15, 0.2) is 0 Å². The highest BCUT2D eigenvalue weighted by molar-refractivity contribution is 5.92. The Kier molecular flexibility index (Phi) is 6.32. The number of hydrogen-bond donors (Lipinski definition) is 1. The van der Waals surface area contributed by atoms with Gasteiger partial charge in [-0.3, -0.25) is 9.48 Å². The van der Waals surface area contributed by atoms with E-state index in [9.17, 15) is 4.79 Å². The van der Waals surface area contributed by atoms with Crippen LogP contribution in [0, 0.1) is 0 Å². The van der Waals surface area contributed by atoms with Crippen LogP contribution in [0.5, 0.6) is 0 Å². The molecule has 5 heteroatoms. The third-order valence-corrected chi connectivity index (χ3v) is 4.72. The van der Waals surface area contributed by atoms with Gasteiger partial charge in [0.2, 0.25) is 0 Å². The minimum absolute atomic E-state index is 0.0476. The maximum Gasteiger partial charge on any atom is 0.269 e. The van der Waals surface area contributed by atoms with Crippen molar-refractivity contribution in [3.63, 3.8) is 0 Å². The Morgan fingerprint density at radius 3 is 2.63 bits per heavy atom. The van der Waals surface area contributed by atoms with Crippen molar-refractivity contribution in [2.75, 3.05) is 19.8 Å². The predicted molar refractivity (Wildman–Crippen MR) is 107 cm³/mol. The summed E-state index contributed by atoms with van der Waals surface area (Å²) in [4.78, 5) is 12.6. The van der Waals surface area contributed by atoms with Crippen molar-refractivity contribution < 1.29 is 9.53 Å². The second-order valence-electron chi connectivity index (χ2n) is 8.27. The first-order valence-corrected chi connectivity index (χ1v) is 9.95. The SMILES string of the molecule is CC(C)(C)n1nc(C2CC2)cc1C(=O)NCCCOCCc1ccccc1. The van der Waals surface area contributed by atoms with Gasteiger partial charge in [-0.2, -0.15) is 5.10 Å². The van der Waals surface area contributed by atoms with Crippen molar-refractivity contribution in [2.24, 2.45) is 0 Å². The second-order valence-corrected chi connectivity index (χ2v) is 8.27. The van der Waals surface area contributed by atoms with Crippen LogP contribution in [0.1, 0.15) is 67.7 Å². The van der Waals surface area contributed by atoms with E-state index in [4.69, 9.17) is 9.84 Å². The number of carbonyl (C=O) groups is 1. The van der Waals surface area contributed by atoms with Crippen LogP contribution >= 0.6 is 0 Å². The molecule has 0 aliphatic heterocycles. The van der Waals surface area contributed by atoms with E-state index in [2.05, 4.69) is 38.2 Å². The monoisotopic (exact) mass is 369 g/mol. The lowest BCUT2D eigenvalue weighted by molar-refractivity contribution is 0.0924. The fourth-order valence-corrected chi connectivity index (χ4v) is 3.05. The molecule has 1 amide bonds. The van der Waals surface area contributed by atoms with Gasteiger partial charge in [-0.25, -0.2) is 0 Å². The molecule has 0 bridgehead atoms. The lowest BCUT2D eigenvalue weighted by Crippen LogP contribution is -2.33. The predicted octanol–water partition coefficient (Wildman–Crippen LogP) is 3.89. The summed E-state index contributed by atoms with van der Waals surface area (Å²) in [5, 5.41) is 7.71. The number of aromatic nitrogens is 2. The Hall–Kier alpha value is -2.14. The third-order valence-electron chi connectivity index (χ3n) is 4.72. The van der Waals surface area contributed by atoms with Gasteiger partial charge in [0.05, 0.1) is 17.8 Å². The maximum absolute atomic E-state index is 12.6. The van der Waals surface area contributed by atoms with Crippen molar-refractivity contribution >= 4 is 5.91 Å². The minimum Gasteiger partial charge on any atom is -0.381 e. The van der Waals surface area contributed by atoms with Crippen molar-refractivity contribution in [3.05, 3.63) is 53.3 Å². The van der Waals surface area contributed by atoms with Crippen LogP contribution in [0.4, 0.5) is 0 Å². The Bertz CT molecular complexity index is 743. The molecule has 0 spiro atoms. The number of benzene rings is 1. The second kappa shape index (κ2) is 8.70. The van der Waals surface area contributed by atoms with E-state index in [0.29, 0.717) is 31.4 Å². The van der Waals surface area contributed by atoms with Gasteiger partial charge >= 0.3 is 0 Å². The number of ether oxygens (including phenoxy) is 1. The Morgan fingerprint density at radius 1 is 1.22 bits per heavy atom. The fourth-order valence-electron chi connectivity index (χ4n) is 3.05. The molecule has 2 aromatic rings. The van der Waals surface area contributed by atoms with E-state index in [0.717, 1.165) is 18.5 Å². The molecule has 0 atom stereocenters. The zero-order valence-electron chi connectivity index (χ0n) is 16.7. The van der Waals surface area contributed by atoms with Crippen molar-refractivity contribution in [2.45, 2.75) is 57.9 Å². The average molecular weight is 370 g/mol. The van der Waals surface area contributed by atoms with Crippen LogP contribution in [0.15, 0.2) is 36.4 Å². The summed E-state index contributed by atoms with van der Waals surface area (Å²) < 4.78 is 7.55. The summed E-state index contributed by atoms with van der Waals surface area (Å²) in [5.74, 6) is 0.492. The summed E-state index contributed by atoms with van der Waals surface area (Å²) in [6.45, 7) is 8.20. The highest BCUT2D eigenvalue weighted by Crippen LogP contribution is 2.40. The lowest BCUT2D eigenvalue weighted by atomic mass is 10.1. The smallest absolute Gasteiger partial charge is 0.269 e. The molecule has 5 nitrogen and oxygen atoms in total. The van der Waals surface area contributed by atoms with Crippen LogP contribution < -0.4 is 5.32 Å². The van der Waals surface area contributed by atoms with Gasteiger partial charge in [-0.15, -0.1) is 0 Å². The standard InChI is InChI=1S/C22H31N3O2/c1-22(2,3)25-20(16-19(24-25)18-10-11-18)21(26)23-13-7-14-27-15-12-17-8-5-4-6-9-17/h4-6,8-9,16,18H,7,10-15H2,1-3H3,(H,23,26). The van der Waals surface area contributed by atoms with Crippen LogP contribution in [-0.4, -0.2) is 35.4 Å². The molecule has 1 heterocycles. The number of rotatable bonds is 9. The molecule has 1 aliphatic rings. The van der Waals surface area contributed by atoms with Gasteiger partial charge in [0.25, 0.3) is 5.91 Å². The topological polar surface area (TPSA) is 56.2 Å². The molecule has 1 saturated carbocycles. The van der Waals surface area contributed by atoms with Crippen LogP contribution in [-0.2, 0) is 16.7 Å². The molecule has 1 aromatic carbocycles. The van der Waals surface area contributed by atoms with Gasteiger partial charge in [0, 0.05) is 19.1 Å². The van der Waals surface area contributed by atoms with Crippen molar-refractivity contribution in [1.82, 2.24) is 15.1 Å². The molecule has 1 N–H and O–H groups in total. The van der Waals surface area contributed by atoms with Gasteiger partial charge in [-0.05, 0) is 58.1 Å². The van der Waals surface area contributed by atoms with Gasteiger partial charge in [0.1, 0.15) is 5.69 Å². The summed E-state index contributed by atoms with van der Waals surface area (Å²) >= 11 is 0. The highest BCUT2D eigenvalue weighted by Gasteiger charge is 2.31. The van der Waals surface area contributed by atoms with Crippen LogP contribution in [0.25, 0.3) is 0 Å². The van der Waals surface area contributed by atoms with E-state index in [1.54, 1.807) is 0 Å². The molecule has 1 aliphatic carbocycles. The summed E-state index contributed by atoms with van der Waals surface area (Å²) in [7, 11) is 0. The quantitative estimate of drug-likeness (QED) is 0.682. The summed E-state index contributed by atoms with van der Waals surface area (Å²) in [5.41, 5.74) is 2.79. The minimum atomic E-state index is -0.208. The van der Waals surface area contributed by atoms with E-state index < -0.39 is 0 Å². The normalized spacial score (nSPS) is 14.3. The molecule has 1 aromatic heterocycles. The zero-order valence-corrected chi connectivity index (χ0v) is 16.7. The zero-order chi connectivity index (χ0) is 19.3. The van der Waals surface area contributed by atoms with E-state index >= 15 is 0 Å². The Labute approximate surface area is 162 Å². The first kappa shape index (κ1) is 19.6. The Morgan fingerprint density at radius 2 is 1.96 bits per heavy atom. The first-order valence-electron chi connectivity index (χ1n) is 9.95. The number of hydrogen-bond acceptors (Lipinski definition) is 3. The average Bonchev–Trinajstić information content (AvgIpc) is 3.38. The van der Waals surface area contributed by atoms with E-state index in [1.807, 2.05) is 28.9 Å². The molecule has 1 fully saturated rings. The summed E-state index contributed by atoms with van der Waals surface area (Å²) in [6, 6.07) is 12.3. The number of nitrogens with zero attached hydrogens (tertiary/aromatic N) is 2. The molecular formula is C22H31N3O2. The highest BCUT2D eigenvalue weighted by atomic mass is 16.5. The van der Waals surface area contributed by atoms with E-state index in [-0.39, 0.29) is 11.4 Å². The van der Waals surface area contributed by atoms with Crippen molar-refractivity contribution in [1.29, 1.82) is 0 Å². The Balaban J connectivity index is 1.40.